The summed E-state index contributed by atoms with van der Waals surface area (Å²) in [5.41, 5.74) is 10.8. The Morgan fingerprint density at radius 3 is 2.61 bits per heavy atom. The second-order valence-corrected chi connectivity index (χ2v) is 6.79. The Hall–Kier alpha value is -3.11. The first-order chi connectivity index (χ1) is 13.4. The molecule has 5 heteroatoms. The summed E-state index contributed by atoms with van der Waals surface area (Å²) in [7, 11) is 0. The van der Waals surface area contributed by atoms with Gasteiger partial charge >= 0.3 is 0 Å². The molecule has 2 aromatic heterocycles. The minimum absolute atomic E-state index is 0.321. The summed E-state index contributed by atoms with van der Waals surface area (Å²) in [6, 6.07) is 8.73. The molecule has 0 radical (unpaired) electrons. The predicted molar refractivity (Wildman–Crippen MR) is 116 cm³/mol. The quantitative estimate of drug-likeness (QED) is 0.537. The monoisotopic (exact) mass is 393 g/mol. The van der Waals surface area contributed by atoms with Gasteiger partial charge < -0.3 is 5.73 Å². The average Bonchev–Trinajstić information content (AvgIpc) is 2.99. The molecule has 0 atom stereocenters. The first-order valence-corrected chi connectivity index (χ1v) is 9.13. The number of aromatic nitrogens is 2. The van der Waals surface area contributed by atoms with E-state index in [-0.39, 0.29) is 5.82 Å². The van der Waals surface area contributed by atoms with Gasteiger partial charge in [-0.15, -0.1) is 0 Å². The van der Waals surface area contributed by atoms with E-state index in [0.717, 1.165) is 11.1 Å². The zero-order chi connectivity index (χ0) is 20.4. The number of fused-ring (bicyclic) bond motifs is 1. The van der Waals surface area contributed by atoms with Gasteiger partial charge in [0.2, 0.25) is 0 Å². The average molecular weight is 394 g/mol. The minimum Gasteiger partial charge on any atom is -0.399 e. The fourth-order valence-electron chi connectivity index (χ4n) is 3.05. The molecule has 0 bridgehead atoms. The number of hydrogen-bond acceptors (Lipinski definition) is 2. The van der Waals surface area contributed by atoms with Gasteiger partial charge in [-0.25, -0.2) is 9.37 Å². The Morgan fingerprint density at radius 2 is 2.00 bits per heavy atom. The van der Waals surface area contributed by atoms with Gasteiger partial charge in [-0.3, -0.25) is 4.40 Å². The van der Waals surface area contributed by atoms with E-state index < -0.39 is 0 Å². The third-order valence-electron chi connectivity index (χ3n) is 4.44. The molecule has 0 aliphatic heterocycles. The third-order valence-corrected chi connectivity index (χ3v) is 4.80. The van der Waals surface area contributed by atoms with Crippen LogP contribution >= 0.6 is 11.6 Å². The van der Waals surface area contributed by atoms with Crippen LogP contribution in [-0.4, -0.2) is 9.38 Å². The highest BCUT2D eigenvalue weighted by Gasteiger charge is 2.18. The van der Waals surface area contributed by atoms with Crippen LogP contribution in [-0.2, 0) is 0 Å². The molecule has 0 fully saturated rings. The maximum Gasteiger partial charge on any atom is 0.141 e. The molecule has 0 aliphatic carbocycles. The highest BCUT2D eigenvalue weighted by Crippen LogP contribution is 2.34. The van der Waals surface area contributed by atoms with Crippen molar-refractivity contribution in [3.8, 4) is 0 Å². The topological polar surface area (TPSA) is 43.3 Å². The summed E-state index contributed by atoms with van der Waals surface area (Å²) in [5, 5.41) is 0.421. The maximum atomic E-state index is 14.7. The van der Waals surface area contributed by atoms with E-state index in [1.807, 2.05) is 44.2 Å². The molecule has 0 saturated carbocycles. The maximum absolute atomic E-state index is 14.7. The van der Waals surface area contributed by atoms with E-state index in [0.29, 0.717) is 38.9 Å². The van der Waals surface area contributed by atoms with Crippen molar-refractivity contribution in [1.82, 2.24) is 9.38 Å². The van der Waals surface area contributed by atoms with Crippen LogP contribution in [0.2, 0.25) is 5.15 Å². The zero-order valence-corrected chi connectivity index (χ0v) is 16.6. The van der Waals surface area contributed by atoms with Gasteiger partial charge in [0.1, 0.15) is 22.3 Å². The van der Waals surface area contributed by atoms with Crippen molar-refractivity contribution >= 4 is 34.1 Å². The molecule has 142 valence electrons. The molecule has 0 spiro atoms. The van der Waals surface area contributed by atoms with E-state index in [4.69, 9.17) is 17.3 Å². The van der Waals surface area contributed by atoms with Gasteiger partial charge in [-0.1, -0.05) is 55.1 Å². The number of hydrogen-bond donors (Lipinski definition) is 1. The summed E-state index contributed by atoms with van der Waals surface area (Å²) in [4.78, 5) is 4.67. The van der Waals surface area contributed by atoms with Crippen LogP contribution < -0.4 is 5.73 Å². The molecular weight excluding hydrogens is 373 g/mol. The Bertz CT molecular complexity index is 1150. The molecule has 0 unspecified atom stereocenters. The van der Waals surface area contributed by atoms with Gasteiger partial charge in [-0.05, 0) is 43.2 Å². The van der Waals surface area contributed by atoms with Gasteiger partial charge in [0.05, 0.1) is 0 Å². The fraction of sp³-hybridized carbons (Fsp3) is 0.0870. The Balaban J connectivity index is 2.32. The number of nitrogens with zero attached hydrogens (tertiary/aromatic N) is 2. The number of aryl methyl sites for hydroxylation is 1. The molecule has 0 saturated heterocycles. The molecule has 3 nitrogen and oxygen atoms in total. The van der Waals surface area contributed by atoms with E-state index in [2.05, 4.69) is 18.1 Å². The van der Waals surface area contributed by atoms with Crippen LogP contribution in [0, 0.1) is 12.7 Å². The van der Waals surface area contributed by atoms with Crippen molar-refractivity contribution in [1.29, 1.82) is 0 Å². The van der Waals surface area contributed by atoms with Crippen molar-refractivity contribution in [3.63, 3.8) is 0 Å². The molecule has 3 aromatic rings. The molecule has 0 aliphatic rings. The normalized spacial score (nSPS) is 12.4. The summed E-state index contributed by atoms with van der Waals surface area (Å²) in [6.07, 6.45) is 7.12. The number of rotatable bonds is 5. The van der Waals surface area contributed by atoms with Gasteiger partial charge in [0.15, 0.2) is 0 Å². The molecule has 3 rings (SSSR count). The summed E-state index contributed by atoms with van der Waals surface area (Å²) >= 11 is 6.62. The number of nitrogens with two attached hydrogens (primary N) is 1. The van der Waals surface area contributed by atoms with Crippen LogP contribution in [0.3, 0.4) is 0 Å². The fourth-order valence-corrected chi connectivity index (χ4v) is 3.34. The summed E-state index contributed by atoms with van der Waals surface area (Å²) < 4.78 is 16.4. The van der Waals surface area contributed by atoms with Crippen LogP contribution in [0.5, 0.6) is 0 Å². The lowest BCUT2D eigenvalue weighted by atomic mass is 9.96. The third kappa shape index (κ3) is 3.51. The first kappa shape index (κ1) is 19.6. The highest BCUT2D eigenvalue weighted by atomic mass is 35.5. The number of pyridine rings is 1. The van der Waals surface area contributed by atoms with Crippen molar-refractivity contribution < 1.29 is 4.39 Å². The molecule has 0 amide bonds. The zero-order valence-electron chi connectivity index (χ0n) is 15.8. The predicted octanol–water partition coefficient (Wildman–Crippen LogP) is 6.04. The first-order valence-electron chi connectivity index (χ1n) is 8.76. The van der Waals surface area contributed by atoms with Gasteiger partial charge in [-0.2, -0.15) is 0 Å². The van der Waals surface area contributed by atoms with Gasteiger partial charge in [0.25, 0.3) is 0 Å². The summed E-state index contributed by atoms with van der Waals surface area (Å²) in [6.45, 7) is 11.4. The Morgan fingerprint density at radius 1 is 1.25 bits per heavy atom. The molecule has 1 aromatic carbocycles. The summed E-state index contributed by atoms with van der Waals surface area (Å²) in [5.74, 6) is -0.321. The number of benzene rings is 1. The number of imidazole rings is 1. The van der Waals surface area contributed by atoms with E-state index in [1.165, 1.54) is 6.07 Å². The van der Waals surface area contributed by atoms with E-state index >= 15 is 0 Å². The minimum atomic E-state index is -0.321. The standard InChI is InChI=1S/C23H21ClFN3/c1-5-7-19(17(6-2)18-9-8-14(3)12-20(18)25)22-23(24)28-11-10-16(15(4)26)13-21(28)27-22/h5-13H,2,4,26H2,1,3H3/b7-5-,19-17-. The van der Waals surface area contributed by atoms with E-state index in [9.17, 15) is 4.39 Å². The Labute approximate surface area is 169 Å². The second-order valence-electron chi connectivity index (χ2n) is 6.43. The van der Waals surface area contributed by atoms with E-state index in [1.54, 1.807) is 22.7 Å². The molecule has 2 N–H and O–H groups in total. The molecule has 2 heterocycles. The largest absolute Gasteiger partial charge is 0.399 e. The SMILES string of the molecule is C=C/C(=C(\C=C/C)c1nc2cc(C(=C)N)ccn2c1Cl)c1ccc(C)cc1F. The lowest BCUT2D eigenvalue weighted by molar-refractivity contribution is 0.623. The van der Waals surface area contributed by atoms with Crippen molar-refractivity contribution in [2.45, 2.75) is 13.8 Å². The Kier molecular flexibility index (Phi) is 5.52. The highest BCUT2D eigenvalue weighted by molar-refractivity contribution is 6.32. The van der Waals surface area contributed by atoms with Crippen LogP contribution in [0.1, 0.15) is 29.3 Å². The lowest BCUT2D eigenvalue weighted by Crippen LogP contribution is -1.95. The number of allylic oxidation sites excluding steroid dienone is 5. The second kappa shape index (κ2) is 7.87. The van der Waals surface area contributed by atoms with Gasteiger partial charge in [0, 0.05) is 28.6 Å². The van der Waals surface area contributed by atoms with Crippen molar-refractivity contribution in [3.05, 3.63) is 101 Å². The van der Waals surface area contributed by atoms with Crippen LogP contribution in [0.4, 0.5) is 4.39 Å². The smallest absolute Gasteiger partial charge is 0.141 e. The van der Waals surface area contributed by atoms with Crippen molar-refractivity contribution in [2.24, 2.45) is 5.73 Å². The van der Waals surface area contributed by atoms with Crippen molar-refractivity contribution in [2.75, 3.05) is 0 Å². The number of halogens is 2. The lowest BCUT2D eigenvalue weighted by Gasteiger charge is -2.10. The molecular formula is C23H21ClFN3. The van der Waals surface area contributed by atoms with Crippen LogP contribution in [0.25, 0.3) is 22.5 Å². The van der Waals surface area contributed by atoms with Crippen LogP contribution in [0.15, 0.2) is 67.9 Å². The molecule has 28 heavy (non-hydrogen) atoms.